The van der Waals surface area contributed by atoms with Crippen LogP contribution in [0.3, 0.4) is 0 Å². The molecule has 4 unspecified atom stereocenters. The van der Waals surface area contributed by atoms with Gasteiger partial charge in [0.2, 0.25) is 5.91 Å². The highest BCUT2D eigenvalue weighted by Gasteiger charge is 2.25. The summed E-state index contributed by atoms with van der Waals surface area (Å²) in [6.07, 6.45) is 3.25. The Labute approximate surface area is 213 Å². The first-order valence-electron chi connectivity index (χ1n) is 12.3. The molecule has 0 spiro atoms. The van der Waals surface area contributed by atoms with Crippen molar-refractivity contribution in [3.63, 3.8) is 0 Å². The smallest absolute Gasteiger partial charge is 0.226 e. The molecule has 0 saturated heterocycles. The molecule has 0 aliphatic rings. The van der Waals surface area contributed by atoms with E-state index in [1.54, 1.807) is 36.4 Å². The van der Waals surface area contributed by atoms with E-state index in [1.807, 2.05) is 60.7 Å². The van der Waals surface area contributed by atoms with Crippen LogP contribution in [0.4, 0.5) is 0 Å². The molecule has 3 aromatic carbocycles. The molecule has 3 rings (SSSR count). The minimum Gasteiger partial charge on any atom is -0.508 e. The van der Waals surface area contributed by atoms with Gasteiger partial charge in [0.1, 0.15) is 5.75 Å². The lowest BCUT2D eigenvalue weighted by atomic mass is 9.92. The summed E-state index contributed by atoms with van der Waals surface area (Å²) >= 11 is 0. The van der Waals surface area contributed by atoms with Crippen LogP contribution in [0.25, 0.3) is 0 Å². The minimum absolute atomic E-state index is 0.180. The fourth-order valence-corrected chi connectivity index (χ4v) is 4.05. The van der Waals surface area contributed by atoms with E-state index >= 15 is 0 Å². The van der Waals surface area contributed by atoms with Gasteiger partial charge in [0.15, 0.2) is 0 Å². The van der Waals surface area contributed by atoms with Crippen molar-refractivity contribution in [2.24, 2.45) is 11.7 Å². The molecule has 6 nitrogen and oxygen atoms in total. The second kappa shape index (κ2) is 14.2. The maximum atomic E-state index is 13.0. The summed E-state index contributed by atoms with van der Waals surface area (Å²) in [4.78, 5) is 13.0. The Kier molecular flexibility index (Phi) is 10.7. The first-order chi connectivity index (χ1) is 17.4. The zero-order chi connectivity index (χ0) is 25.8. The van der Waals surface area contributed by atoms with Crippen LogP contribution >= 0.6 is 0 Å². The highest BCUT2D eigenvalue weighted by molar-refractivity contribution is 5.79. The Morgan fingerprint density at radius 2 is 1.42 bits per heavy atom. The standard InChI is InChI=1S/C30H36N2O4/c31-27(21-24-14-16-25(33)17-15-24)29(35)13-7-12-28(34)26(20-23-10-5-2-6-11-23)30(36)32-19-18-22-8-3-1-4-9-22/h1-12,14-17,26-29,33-35H,13,18-21,31H2,(H,32,36). The SMILES string of the molecule is NC(Cc1ccc(O)cc1)C(O)CC=CC(O)C(Cc1ccccc1)C(=O)NCCc1ccccc1. The number of nitrogens with two attached hydrogens (primary N) is 1. The molecule has 0 aromatic heterocycles. The van der Waals surface area contributed by atoms with Gasteiger partial charge >= 0.3 is 0 Å². The van der Waals surface area contributed by atoms with Crippen molar-refractivity contribution < 1.29 is 20.1 Å². The second-order valence-electron chi connectivity index (χ2n) is 9.08. The normalized spacial score (nSPS) is 14.8. The molecule has 0 aliphatic carbocycles. The van der Waals surface area contributed by atoms with E-state index in [1.165, 1.54) is 0 Å². The van der Waals surface area contributed by atoms with Crippen molar-refractivity contribution in [3.8, 4) is 5.75 Å². The van der Waals surface area contributed by atoms with E-state index in [0.29, 0.717) is 25.8 Å². The number of rotatable bonds is 13. The maximum Gasteiger partial charge on any atom is 0.226 e. The quantitative estimate of drug-likeness (QED) is 0.237. The van der Waals surface area contributed by atoms with Crippen LogP contribution in [0.15, 0.2) is 97.1 Å². The summed E-state index contributed by atoms with van der Waals surface area (Å²) in [5.41, 5.74) is 9.16. The van der Waals surface area contributed by atoms with Crippen molar-refractivity contribution in [1.29, 1.82) is 0 Å². The molecule has 6 heteroatoms. The molecule has 190 valence electrons. The summed E-state index contributed by atoms with van der Waals surface area (Å²) < 4.78 is 0. The molecular formula is C30H36N2O4. The van der Waals surface area contributed by atoms with E-state index in [-0.39, 0.29) is 18.1 Å². The van der Waals surface area contributed by atoms with Gasteiger partial charge in [-0.15, -0.1) is 0 Å². The highest BCUT2D eigenvalue weighted by atomic mass is 16.3. The third-order valence-corrected chi connectivity index (χ3v) is 6.22. The van der Waals surface area contributed by atoms with Crippen LogP contribution in [0.1, 0.15) is 23.1 Å². The topological polar surface area (TPSA) is 116 Å². The second-order valence-corrected chi connectivity index (χ2v) is 9.08. The lowest BCUT2D eigenvalue weighted by Crippen LogP contribution is -2.39. The van der Waals surface area contributed by atoms with Gasteiger partial charge in [-0.3, -0.25) is 4.79 Å². The minimum atomic E-state index is -1.01. The molecule has 0 heterocycles. The summed E-state index contributed by atoms with van der Waals surface area (Å²) in [6, 6.07) is 25.7. The molecular weight excluding hydrogens is 452 g/mol. The van der Waals surface area contributed by atoms with Crippen LogP contribution in [-0.4, -0.2) is 46.0 Å². The number of aliphatic hydroxyl groups excluding tert-OH is 2. The number of phenols is 1. The number of aromatic hydroxyl groups is 1. The van der Waals surface area contributed by atoms with Gasteiger partial charge in [0, 0.05) is 12.6 Å². The average Bonchev–Trinajstić information content (AvgIpc) is 2.89. The molecule has 3 aromatic rings. The predicted molar refractivity (Wildman–Crippen MR) is 142 cm³/mol. The van der Waals surface area contributed by atoms with Gasteiger partial charge in [-0.2, -0.15) is 0 Å². The Balaban J connectivity index is 1.56. The van der Waals surface area contributed by atoms with E-state index in [2.05, 4.69) is 5.32 Å². The molecule has 0 aliphatic heterocycles. The maximum absolute atomic E-state index is 13.0. The summed E-state index contributed by atoms with van der Waals surface area (Å²) in [7, 11) is 0. The number of hydrogen-bond donors (Lipinski definition) is 5. The van der Waals surface area contributed by atoms with E-state index in [4.69, 9.17) is 5.73 Å². The largest absolute Gasteiger partial charge is 0.508 e. The lowest BCUT2D eigenvalue weighted by molar-refractivity contribution is -0.127. The van der Waals surface area contributed by atoms with Gasteiger partial charge in [0.05, 0.1) is 18.1 Å². The lowest BCUT2D eigenvalue weighted by Gasteiger charge is -2.21. The Hall–Kier alpha value is -3.45. The van der Waals surface area contributed by atoms with Gasteiger partial charge in [0.25, 0.3) is 0 Å². The van der Waals surface area contributed by atoms with E-state index < -0.39 is 24.2 Å². The van der Waals surface area contributed by atoms with Crippen molar-refractivity contribution in [1.82, 2.24) is 5.32 Å². The number of carbonyl (C=O) groups is 1. The monoisotopic (exact) mass is 488 g/mol. The Bertz CT molecular complexity index is 1070. The highest BCUT2D eigenvalue weighted by Crippen LogP contribution is 2.16. The predicted octanol–water partition coefficient (Wildman–Crippen LogP) is 3.15. The van der Waals surface area contributed by atoms with Crippen molar-refractivity contribution in [2.75, 3.05) is 6.54 Å². The number of amides is 1. The molecule has 0 radical (unpaired) electrons. The summed E-state index contributed by atoms with van der Waals surface area (Å²) in [5.74, 6) is -0.697. The first-order valence-corrected chi connectivity index (χ1v) is 12.3. The van der Waals surface area contributed by atoms with Crippen LogP contribution < -0.4 is 11.1 Å². The number of hydrogen-bond acceptors (Lipinski definition) is 5. The van der Waals surface area contributed by atoms with Crippen LogP contribution in [-0.2, 0) is 24.1 Å². The fourth-order valence-electron chi connectivity index (χ4n) is 4.05. The number of benzene rings is 3. The third-order valence-electron chi connectivity index (χ3n) is 6.22. The van der Waals surface area contributed by atoms with Gasteiger partial charge in [-0.05, 0) is 54.5 Å². The zero-order valence-corrected chi connectivity index (χ0v) is 20.4. The molecule has 0 fully saturated rings. The van der Waals surface area contributed by atoms with Crippen LogP contribution in [0.2, 0.25) is 0 Å². The molecule has 36 heavy (non-hydrogen) atoms. The third kappa shape index (κ3) is 8.96. The zero-order valence-electron chi connectivity index (χ0n) is 20.4. The molecule has 0 bridgehead atoms. The first kappa shape index (κ1) is 27.1. The number of carbonyl (C=O) groups excluding carboxylic acids is 1. The summed E-state index contributed by atoms with van der Waals surface area (Å²) in [5, 5.41) is 33.7. The van der Waals surface area contributed by atoms with Gasteiger partial charge in [-0.25, -0.2) is 0 Å². The molecule has 4 atom stereocenters. The van der Waals surface area contributed by atoms with Crippen LogP contribution in [0.5, 0.6) is 5.75 Å². The number of phenolic OH excluding ortho intramolecular Hbond substituents is 1. The molecule has 6 N–H and O–H groups in total. The molecule has 1 amide bonds. The number of nitrogens with one attached hydrogen (secondary N) is 1. The van der Waals surface area contributed by atoms with E-state index in [0.717, 1.165) is 16.7 Å². The van der Waals surface area contributed by atoms with Crippen molar-refractivity contribution >= 4 is 5.91 Å². The Morgan fingerprint density at radius 3 is 2.06 bits per heavy atom. The molecule has 0 saturated carbocycles. The van der Waals surface area contributed by atoms with Gasteiger partial charge in [-0.1, -0.05) is 84.9 Å². The van der Waals surface area contributed by atoms with E-state index in [9.17, 15) is 20.1 Å². The fraction of sp³-hybridized carbons (Fsp3) is 0.300. The van der Waals surface area contributed by atoms with Crippen molar-refractivity contribution in [2.45, 2.75) is 43.9 Å². The average molecular weight is 489 g/mol. The summed E-state index contributed by atoms with van der Waals surface area (Å²) in [6.45, 7) is 0.482. The Morgan fingerprint density at radius 1 is 0.833 bits per heavy atom. The number of aliphatic hydroxyl groups is 2. The van der Waals surface area contributed by atoms with Crippen LogP contribution in [0, 0.1) is 5.92 Å². The van der Waals surface area contributed by atoms with Crippen molar-refractivity contribution in [3.05, 3.63) is 114 Å². The van der Waals surface area contributed by atoms with Gasteiger partial charge < -0.3 is 26.4 Å².